The number of aldehydes is 1. The number of esters is 1. The fraction of sp³-hybridized carbons (Fsp3) is 0.312. The molecule has 0 radical (unpaired) electrons. The lowest BCUT2D eigenvalue weighted by Gasteiger charge is -2.21. The van der Waals surface area contributed by atoms with Crippen LogP contribution in [0.25, 0.3) is 6.08 Å². The minimum Gasteiger partial charge on any atom is -0.466 e. The number of carbonyl (C=O) groups excluding carboxylic acids is 3. The van der Waals surface area contributed by atoms with E-state index in [9.17, 15) is 14.4 Å². The first kappa shape index (κ1) is 15.0. The number of carbonyl (C=O) groups is 3. The molecule has 1 aromatic carbocycles. The minimum atomic E-state index is -0.437. The van der Waals surface area contributed by atoms with Crippen molar-refractivity contribution in [2.45, 2.75) is 25.4 Å². The molecule has 0 spiro atoms. The third-order valence-corrected chi connectivity index (χ3v) is 3.53. The lowest BCUT2D eigenvalue weighted by molar-refractivity contribution is -0.134. The highest BCUT2D eigenvalue weighted by atomic mass is 16.5. The molecule has 2 rings (SSSR count). The van der Waals surface area contributed by atoms with E-state index in [0.29, 0.717) is 19.4 Å². The second-order valence-corrected chi connectivity index (χ2v) is 4.82. The summed E-state index contributed by atoms with van der Waals surface area (Å²) >= 11 is 0. The third-order valence-electron chi connectivity index (χ3n) is 3.53. The molecule has 1 amide bonds. The van der Waals surface area contributed by atoms with Crippen molar-refractivity contribution in [2.75, 3.05) is 7.11 Å². The van der Waals surface area contributed by atoms with Crippen LogP contribution in [0.2, 0.25) is 0 Å². The van der Waals surface area contributed by atoms with Crippen LogP contribution < -0.4 is 0 Å². The Morgan fingerprint density at radius 2 is 2.19 bits per heavy atom. The molecular formula is C16H17NO4. The standard InChI is InChI=1S/C16H17NO4/c1-21-16(20)9-6-12-4-2-3-5-13(12)10-17-14(11-18)7-8-15(17)19/h2-6,9,11,14H,7-8,10H2,1H3/b9-6+/t14-/m1/s1. The Bertz CT molecular complexity index is 579. The van der Waals surface area contributed by atoms with Crippen LogP contribution in [0, 0.1) is 0 Å². The number of amides is 1. The quantitative estimate of drug-likeness (QED) is 0.468. The largest absolute Gasteiger partial charge is 0.466 e. The smallest absolute Gasteiger partial charge is 0.330 e. The molecule has 1 heterocycles. The molecule has 21 heavy (non-hydrogen) atoms. The van der Waals surface area contributed by atoms with E-state index in [-0.39, 0.29) is 11.9 Å². The number of rotatable bonds is 5. The SMILES string of the molecule is COC(=O)/C=C/c1ccccc1CN1C(=O)CC[C@@H]1C=O. The van der Waals surface area contributed by atoms with Crippen molar-refractivity contribution in [2.24, 2.45) is 0 Å². The number of nitrogens with zero attached hydrogens (tertiary/aromatic N) is 1. The summed E-state index contributed by atoms with van der Waals surface area (Å²) in [4.78, 5) is 35.6. The van der Waals surface area contributed by atoms with Crippen molar-refractivity contribution in [1.82, 2.24) is 4.90 Å². The van der Waals surface area contributed by atoms with Gasteiger partial charge < -0.3 is 14.4 Å². The second kappa shape index (κ2) is 6.83. The normalized spacial score (nSPS) is 18.2. The summed E-state index contributed by atoms with van der Waals surface area (Å²) in [6.07, 6.45) is 4.78. The number of methoxy groups -OCH3 is 1. The van der Waals surface area contributed by atoms with E-state index >= 15 is 0 Å². The Morgan fingerprint density at radius 1 is 1.43 bits per heavy atom. The van der Waals surface area contributed by atoms with Crippen LogP contribution in [0.15, 0.2) is 30.3 Å². The van der Waals surface area contributed by atoms with Gasteiger partial charge in [0.25, 0.3) is 0 Å². The Morgan fingerprint density at radius 3 is 2.90 bits per heavy atom. The van der Waals surface area contributed by atoms with Gasteiger partial charge in [-0.3, -0.25) is 4.79 Å². The van der Waals surface area contributed by atoms with Crippen LogP contribution >= 0.6 is 0 Å². The summed E-state index contributed by atoms with van der Waals surface area (Å²) in [6, 6.07) is 7.09. The molecule has 5 heteroatoms. The summed E-state index contributed by atoms with van der Waals surface area (Å²) in [5.41, 5.74) is 1.71. The van der Waals surface area contributed by atoms with Gasteiger partial charge in [0.1, 0.15) is 6.29 Å². The molecule has 5 nitrogen and oxygen atoms in total. The Kier molecular flexibility index (Phi) is 4.87. The molecule has 1 aliphatic heterocycles. The fourth-order valence-electron chi connectivity index (χ4n) is 2.35. The molecule has 1 saturated heterocycles. The number of likely N-dealkylation sites (tertiary alicyclic amines) is 1. The first-order chi connectivity index (χ1) is 10.2. The molecular weight excluding hydrogens is 270 g/mol. The van der Waals surface area contributed by atoms with Crippen molar-refractivity contribution >= 4 is 24.2 Å². The monoisotopic (exact) mass is 287 g/mol. The van der Waals surface area contributed by atoms with Crippen LogP contribution in [0.3, 0.4) is 0 Å². The molecule has 0 saturated carbocycles. The van der Waals surface area contributed by atoms with Gasteiger partial charge in [-0.05, 0) is 23.6 Å². The van der Waals surface area contributed by atoms with Crippen LogP contribution in [0.1, 0.15) is 24.0 Å². The van der Waals surface area contributed by atoms with Crippen molar-refractivity contribution in [3.63, 3.8) is 0 Å². The summed E-state index contributed by atoms with van der Waals surface area (Å²) in [5.74, 6) is -0.452. The molecule has 1 fully saturated rings. The van der Waals surface area contributed by atoms with E-state index in [1.807, 2.05) is 24.3 Å². The molecule has 0 aliphatic carbocycles. The van der Waals surface area contributed by atoms with Crippen molar-refractivity contribution in [3.05, 3.63) is 41.5 Å². The Balaban J connectivity index is 2.20. The zero-order chi connectivity index (χ0) is 15.2. The van der Waals surface area contributed by atoms with E-state index in [2.05, 4.69) is 4.74 Å². The van der Waals surface area contributed by atoms with Crippen molar-refractivity contribution in [3.8, 4) is 0 Å². The first-order valence-electron chi connectivity index (χ1n) is 6.74. The van der Waals surface area contributed by atoms with Gasteiger partial charge in [-0.25, -0.2) is 4.79 Å². The molecule has 0 bridgehead atoms. The van der Waals surface area contributed by atoms with Gasteiger partial charge in [0.15, 0.2) is 0 Å². The van der Waals surface area contributed by atoms with Gasteiger partial charge >= 0.3 is 5.97 Å². The fourth-order valence-corrected chi connectivity index (χ4v) is 2.35. The highest BCUT2D eigenvalue weighted by molar-refractivity contribution is 5.87. The molecule has 0 unspecified atom stereocenters. The predicted molar refractivity (Wildman–Crippen MR) is 77.1 cm³/mol. The van der Waals surface area contributed by atoms with Gasteiger partial charge in [0.05, 0.1) is 13.2 Å². The average Bonchev–Trinajstić information content (AvgIpc) is 2.86. The molecule has 1 aromatic rings. The highest BCUT2D eigenvalue weighted by Gasteiger charge is 2.30. The van der Waals surface area contributed by atoms with Crippen LogP contribution in [0.4, 0.5) is 0 Å². The summed E-state index contributed by atoms with van der Waals surface area (Å²) in [5, 5.41) is 0. The molecule has 0 N–H and O–H groups in total. The zero-order valence-electron chi connectivity index (χ0n) is 11.8. The average molecular weight is 287 g/mol. The maximum atomic E-state index is 11.8. The molecule has 1 atom stereocenters. The summed E-state index contributed by atoms with van der Waals surface area (Å²) in [6.45, 7) is 0.365. The minimum absolute atomic E-state index is 0.0150. The number of hydrogen-bond acceptors (Lipinski definition) is 4. The van der Waals surface area contributed by atoms with Crippen LogP contribution in [-0.4, -0.2) is 36.2 Å². The summed E-state index contributed by atoms with van der Waals surface area (Å²) in [7, 11) is 1.32. The maximum absolute atomic E-state index is 11.8. The number of benzene rings is 1. The van der Waals surface area contributed by atoms with Crippen molar-refractivity contribution < 1.29 is 19.1 Å². The molecule has 110 valence electrons. The van der Waals surface area contributed by atoms with E-state index in [1.165, 1.54) is 13.2 Å². The van der Waals surface area contributed by atoms with E-state index < -0.39 is 5.97 Å². The molecule has 0 aromatic heterocycles. The van der Waals surface area contributed by atoms with Crippen LogP contribution in [0.5, 0.6) is 0 Å². The first-order valence-corrected chi connectivity index (χ1v) is 6.74. The Hall–Kier alpha value is -2.43. The van der Waals surface area contributed by atoms with Gasteiger partial charge in [-0.2, -0.15) is 0 Å². The third kappa shape index (κ3) is 3.56. The van der Waals surface area contributed by atoms with E-state index in [0.717, 1.165) is 17.4 Å². The number of hydrogen-bond donors (Lipinski definition) is 0. The van der Waals surface area contributed by atoms with Crippen LogP contribution in [-0.2, 0) is 25.7 Å². The predicted octanol–water partition coefficient (Wildman–Crippen LogP) is 1.56. The zero-order valence-corrected chi connectivity index (χ0v) is 11.8. The lowest BCUT2D eigenvalue weighted by Crippen LogP contribution is -2.33. The Labute approximate surface area is 123 Å². The second-order valence-electron chi connectivity index (χ2n) is 4.82. The number of ether oxygens (including phenoxy) is 1. The van der Waals surface area contributed by atoms with E-state index in [1.54, 1.807) is 11.0 Å². The van der Waals surface area contributed by atoms with Gasteiger partial charge in [-0.1, -0.05) is 24.3 Å². The van der Waals surface area contributed by atoms with Gasteiger partial charge in [0.2, 0.25) is 5.91 Å². The topological polar surface area (TPSA) is 63.7 Å². The van der Waals surface area contributed by atoms with Gasteiger partial charge in [-0.15, -0.1) is 0 Å². The van der Waals surface area contributed by atoms with Gasteiger partial charge in [0, 0.05) is 19.0 Å². The highest BCUT2D eigenvalue weighted by Crippen LogP contribution is 2.22. The van der Waals surface area contributed by atoms with E-state index in [4.69, 9.17) is 0 Å². The maximum Gasteiger partial charge on any atom is 0.330 e. The summed E-state index contributed by atoms with van der Waals surface area (Å²) < 4.78 is 4.56. The lowest BCUT2D eigenvalue weighted by atomic mass is 10.1. The van der Waals surface area contributed by atoms with Crippen molar-refractivity contribution in [1.29, 1.82) is 0 Å². The molecule has 1 aliphatic rings.